The Labute approximate surface area is 130 Å². The van der Waals surface area contributed by atoms with Crippen molar-refractivity contribution in [2.75, 3.05) is 5.75 Å². The summed E-state index contributed by atoms with van der Waals surface area (Å²) >= 11 is 0. The number of alkyl halides is 3. The van der Waals surface area contributed by atoms with Crippen molar-refractivity contribution in [2.24, 2.45) is 0 Å². The van der Waals surface area contributed by atoms with Gasteiger partial charge in [0, 0.05) is 4.75 Å². The minimum atomic E-state index is -4.67. The lowest BCUT2D eigenvalue weighted by Crippen LogP contribution is -2.27. The lowest BCUT2D eigenvalue weighted by molar-refractivity contribution is -0.106. The van der Waals surface area contributed by atoms with E-state index in [1.54, 1.807) is 6.92 Å². The molecular formula is C14H27F3O2S2. The molecule has 0 bridgehead atoms. The second-order valence-corrected chi connectivity index (χ2v) is 10.3. The van der Waals surface area contributed by atoms with Crippen LogP contribution in [-0.4, -0.2) is 25.1 Å². The third kappa shape index (κ3) is 11.3. The largest absolute Gasteiger partial charge is 0.403 e. The summed E-state index contributed by atoms with van der Waals surface area (Å²) in [4.78, 5) is 0. The molecule has 0 N–H and O–H groups in total. The SMILES string of the molecule is CCCCCCC(C)(CCCC)SS(=O)(=O)CC(F)(F)F. The molecular weight excluding hydrogens is 321 g/mol. The van der Waals surface area contributed by atoms with Crippen molar-refractivity contribution in [3.63, 3.8) is 0 Å². The lowest BCUT2D eigenvalue weighted by Gasteiger charge is -2.28. The van der Waals surface area contributed by atoms with Crippen molar-refractivity contribution >= 4 is 19.7 Å². The van der Waals surface area contributed by atoms with Crippen LogP contribution in [0, 0.1) is 0 Å². The molecule has 2 nitrogen and oxygen atoms in total. The third-order valence-electron chi connectivity index (χ3n) is 3.29. The van der Waals surface area contributed by atoms with E-state index in [-0.39, 0.29) is 0 Å². The predicted octanol–water partition coefficient (Wildman–Crippen LogP) is 5.53. The van der Waals surface area contributed by atoms with Crippen molar-refractivity contribution < 1.29 is 21.6 Å². The van der Waals surface area contributed by atoms with E-state index in [2.05, 4.69) is 6.92 Å². The highest BCUT2D eigenvalue weighted by molar-refractivity contribution is 8.72. The number of hydrogen-bond acceptors (Lipinski definition) is 3. The Bertz CT molecular complexity index is 380. The normalized spacial score (nSPS) is 15.9. The van der Waals surface area contributed by atoms with Crippen LogP contribution in [0.5, 0.6) is 0 Å². The van der Waals surface area contributed by atoms with Gasteiger partial charge in [0.15, 0.2) is 5.75 Å². The molecule has 0 amide bonds. The molecule has 0 rings (SSSR count). The maximum Gasteiger partial charge on any atom is 0.403 e. The zero-order chi connectivity index (χ0) is 16.6. The molecule has 21 heavy (non-hydrogen) atoms. The molecule has 0 heterocycles. The Morgan fingerprint density at radius 3 is 1.90 bits per heavy atom. The zero-order valence-electron chi connectivity index (χ0n) is 13.1. The number of halogens is 3. The highest BCUT2D eigenvalue weighted by Crippen LogP contribution is 2.41. The smallest absolute Gasteiger partial charge is 0.217 e. The Hall–Kier alpha value is 0.0900. The molecule has 0 saturated heterocycles. The van der Waals surface area contributed by atoms with Crippen LogP contribution < -0.4 is 0 Å². The van der Waals surface area contributed by atoms with E-state index in [9.17, 15) is 21.6 Å². The summed E-state index contributed by atoms with van der Waals surface area (Å²) in [6.07, 6.45) is 2.37. The Balaban J connectivity index is 4.72. The van der Waals surface area contributed by atoms with E-state index in [0.717, 1.165) is 38.5 Å². The second-order valence-electron chi connectivity index (χ2n) is 5.76. The van der Waals surface area contributed by atoms with E-state index < -0.39 is 25.5 Å². The van der Waals surface area contributed by atoms with Gasteiger partial charge in [-0.25, -0.2) is 8.42 Å². The molecule has 0 radical (unpaired) electrons. The average Bonchev–Trinajstić information content (AvgIpc) is 2.28. The summed E-state index contributed by atoms with van der Waals surface area (Å²) < 4.78 is 59.9. The first-order chi connectivity index (χ1) is 9.54. The van der Waals surface area contributed by atoms with E-state index in [1.165, 1.54) is 0 Å². The number of hydrogen-bond donors (Lipinski definition) is 0. The van der Waals surface area contributed by atoms with Gasteiger partial charge in [0.2, 0.25) is 8.87 Å². The van der Waals surface area contributed by atoms with Gasteiger partial charge in [-0.15, -0.1) is 0 Å². The van der Waals surface area contributed by atoms with Crippen LogP contribution in [0.1, 0.15) is 72.1 Å². The fourth-order valence-electron chi connectivity index (χ4n) is 2.22. The van der Waals surface area contributed by atoms with Gasteiger partial charge in [-0.2, -0.15) is 13.2 Å². The molecule has 1 unspecified atom stereocenters. The van der Waals surface area contributed by atoms with Gasteiger partial charge < -0.3 is 0 Å². The van der Waals surface area contributed by atoms with Crippen LogP contribution in [0.25, 0.3) is 0 Å². The molecule has 0 fully saturated rings. The predicted molar refractivity (Wildman–Crippen MR) is 84.1 cm³/mol. The van der Waals surface area contributed by atoms with E-state index >= 15 is 0 Å². The third-order valence-corrected chi connectivity index (χ3v) is 7.35. The Kier molecular flexibility index (Phi) is 9.32. The maximum atomic E-state index is 12.3. The molecule has 7 heteroatoms. The number of unbranched alkanes of at least 4 members (excludes halogenated alkanes) is 4. The molecule has 0 aromatic heterocycles. The molecule has 0 aliphatic rings. The van der Waals surface area contributed by atoms with Gasteiger partial charge in [-0.3, -0.25) is 0 Å². The van der Waals surface area contributed by atoms with Crippen molar-refractivity contribution in [1.82, 2.24) is 0 Å². The molecule has 0 saturated carbocycles. The summed E-state index contributed by atoms with van der Waals surface area (Å²) in [5, 5.41) is 0. The van der Waals surface area contributed by atoms with Gasteiger partial charge >= 0.3 is 6.18 Å². The minimum Gasteiger partial charge on any atom is -0.217 e. The summed E-state index contributed by atoms with van der Waals surface area (Å²) in [5.41, 5.74) is 0. The van der Waals surface area contributed by atoms with Crippen LogP contribution in [0.2, 0.25) is 0 Å². The summed E-state index contributed by atoms with van der Waals surface area (Å²) in [6, 6.07) is 0. The van der Waals surface area contributed by atoms with Crippen LogP contribution in [-0.2, 0) is 8.87 Å². The van der Waals surface area contributed by atoms with Crippen LogP contribution in [0.3, 0.4) is 0 Å². The highest BCUT2D eigenvalue weighted by Gasteiger charge is 2.39. The monoisotopic (exact) mass is 348 g/mol. The lowest BCUT2D eigenvalue weighted by atomic mass is 9.96. The van der Waals surface area contributed by atoms with Crippen LogP contribution in [0.15, 0.2) is 0 Å². The van der Waals surface area contributed by atoms with Crippen molar-refractivity contribution in [1.29, 1.82) is 0 Å². The fraction of sp³-hybridized carbons (Fsp3) is 1.00. The summed E-state index contributed by atoms with van der Waals surface area (Å²) in [5.74, 6) is -1.73. The van der Waals surface area contributed by atoms with Gasteiger partial charge in [0.1, 0.15) is 0 Å². The van der Waals surface area contributed by atoms with Crippen LogP contribution in [0.4, 0.5) is 13.2 Å². The Morgan fingerprint density at radius 2 is 1.43 bits per heavy atom. The van der Waals surface area contributed by atoms with Gasteiger partial charge in [0.25, 0.3) is 0 Å². The molecule has 1 atom stereocenters. The topological polar surface area (TPSA) is 34.1 Å². The first kappa shape index (κ1) is 21.1. The fourth-order valence-corrected chi connectivity index (χ4v) is 6.67. The molecule has 0 spiro atoms. The standard InChI is InChI=1S/C14H27F3O2S2/c1-4-6-8-9-11-13(3,10-7-5-2)20-21(18,19)12-14(15,16)17/h4-12H2,1-3H3. The molecule has 0 aliphatic carbocycles. The van der Waals surface area contributed by atoms with E-state index in [0.29, 0.717) is 23.6 Å². The van der Waals surface area contributed by atoms with Crippen molar-refractivity contribution in [3.8, 4) is 0 Å². The van der Waals surface area contributed by atoms with E-state index in [1.807, 2.05) is 6.92 Å². The molecule has 0 aromatic rings. The quantitative estimate of drug-likeness (QED) is 0.363. The minimum absolute atomic E-state index is 0.526. The number of rotatable bonds is 11. The zero-order valence-corrected chi connectivity index (χ0v) is 14.8. The molecule has 128 valence electrons. The molecule has 0 aromatic carbocycles. The van der Waals surface area contributed by atoms with Crippen LogP contribution >= 0.6 is 10.8 Å². The van der Waals surface area contributed by atoms with Crippen molar-refractivity contribution in [3.05, 3.63) is 0 Å². The highest BCUT2D eigenvalue weighted by atomic mass is 33.1. The summed E-state index contributed by atoms with van der Waals surface area (Å²) in [6.45, 7) is 5.86. The van der Waals surface area contributed by atoms with Gasteiger partial charge in [-0.1, -0.05) is 52.4 Å². The van der Waals surface area contributed by atoms with E-state index in [4.69, 9.17) is 0 Å². The average molecular weight is 348 g/mol. The first-order valence-corrected chi connectivity index (χ1v) is 10.5. The first-order valence-electron chi connectivity index (χ1n) is 7.53. The molecule has 0 aliphatic heterocycles. The maximum absolute atomic E-state index is 12.3. The Morgan fingerprint density at radius 1 is 0.905 bits per heavy atom. The van der Waals surface area contributed by atoms with Crippen molar-refractivity contribution in [2.45, 2.75) is 83.1 Å². The second kappa shape index (κ2) is 9.28. The summed E-state index contributed by atoms with van der Waals surface area (Å²) in [7, 11) is -3.65. The van der Waals surface area contributed by atoms with Gasteiger partial charge in [-0.05, 0) is 30.6 Å². The van der Waals surface area contributed by atoms with Gasteiger partial charge in [0.05, 0.1) is 0 Å².